The van der Waals surface area contributed by atoms with Gasteiger partial charge in [-0.15, -0.1) is 0 Å². The van der Waals surface area contributed by atoms with Gasteiger partial charge in [0.1, 0.15) is 4.90 Å². The summed E-state index contributed by atoms with van der Waals surface area (Å²) in [6.45, 7) is 0. The summed E-state index contributed by atoms with van der Waals surface area (Å²) < 4.78 is 61.4. The third kappa shape index (κ3) is 9.24. The molecule has 1 aliphatic carbocycles. The minimum Gasteiger partial charge on any atom is -0.282 e. The average molecular weight is 675 g/mol. The first-order valence-electron chi connectivity index (χ1n) is 15.2. The van der Waals surface area contributed by atoms with Crippen LogP contribution >= 0.6 is 0 Å². The van der Waals surface area contributed by atoms with Crippen molar-refractivity contribution < 1.29 is 25.9 Å². The van der Waals surface area contributed by atoms with Crippen LogP contribution < -0.4 is 0 Å². The Hall–Kier alpha value is -5.12. The maximum atomic E-state index is 11.0. The van der Waals surface area contributed by atoms with Crippen molar-refractivity contribution in [2.75, 3.05) is 0 Å². The van der Waals surface area contributed by atoms with E-state index in [4.69, 9.17) is 9.11 Å². The van der Waals surface area contributed by atoms with Gasteiger partial charge in [0.25, 0.3) is 20.2 Å². The van der Waals surface area contributed by atoms with Gasteiger partial charge in [0.2, 0.25) is 0 Å². The highest BCUT2D eigenvalue weighted by Crippen LogP contribution is 2.22. The zero-order valence-electron chi connectivity index (χ0n) is 25.9. The number of allylic oxidation sites excluding steroid dienone is 2. The summed E-state index contributed by atoms with van der Waals surface area (Å²) in [4.78, 5) is -0.119. The average Bonchev–Trinajstić information content (AvgIpc) is 3.11. The van der Waals surface area contributed by atoms with Crippen molar-refractivity contribution >= 4 is 52.6 Å². The fourth-order valence-corrected chi connectivity index (χ4v) is 6.49. The molecular formula is C40H34O6S2. The molecule has 0 atom stereocenters. The fraction of sp³-hybridized carbons (Fsp3) is 0.0500. The van der Waals surface area contributed by atoms with Crippen LogP contribution in [0, 0.1) is 0 Å². The molecule has 0 spiro atoms. The van der Waals surface area contributed by atoms with E-state index in [1.807, 2.05) is 24.3 Å². The lowest BCUT2D eigenvalue weighted by molar-refractivity contribution is 0.481. The molecule has 48 heavy (non-hydrogen) atoms. The Morgan fingerprint density at radius 3 is 1.31 bits per heavy atom. The zero-order chi connectivity index (χ0) is 34.0. The normalized spacial score (nSPS) is 12.0. The van der Waals surface area contributed by atoms with Crippen LogP contribution in [0.5, 0.6) is 0 Å². The summed E-state index contributed by atoms with van der Waals surface area (Å²) in [7, 11) is -8.22. The van der Waals surface area contributed by atoms with Crippen molar-refractivity contribution in [3.8, 4) is 0 Å². The van der Waals surface area contributed by atoms with Gasteiger partial charge in [-0.3, -0.25) is 9.11 Å². The van der Waals surface area contributed by atoms with Gasteiger partial charge in [0, 0.05) is 5.39 Å². The molecule has 0 heterocycles. The highest BCUT2D eigenvalue weighted by molar-refractivity contribution is 7.86. The van der Waals surface area contributed by atoms with Crippen molar-refractivity contribution in [3.05, 3.63) is 181 Å². The summed E-state index contributed by atoms with van der Waals surface area (Å²) >= 11 is 0. The van der Waals surface area contributed by atoms with Gasteiger partial charge in [-0.05, 0) is 69.1 Å². The van der Waals surface area contributed by atoms with Gasteiger partial charge in [0.15, 0.2) is 0 Å². The van der Waals surface area contributed by atoms with E-state index in [1.165, 1.54) is 40.1 Å². The molecule has 6 nitrogen and oxygen atoms in total. The monoisotopic (exact) mass is 674 g/mol. The largest absolute Gasteiger partial charge is 0.295 e. The summed E-state index contributed by atoms with van der Waals surface area (Å²) in [5.74, 6) is 0. The molecular weight excluding hydrogens is 641 g/mol. The van der Waals surface area contributed by atoms with Crippen LogP contribution in [0.15, 0.2) is 180 Å². The minimum atomic E-state index is -4.13. The highest BCUT2D eigenvalue weighted by Gasteiger charge is 2.12. The molecule has 0 fully saturated rings. The standard InChI is InChI=1S/2C10H8O3S.C10H10.C10H8/c11-14(12,13)10-7-3-5-8-4-1-2-6-9(8)10;11-14(12,13)10-6-5-8-3-1-2-4-9(8)7-10;2*1-2-6-10-8-4-3-7-9(10)5-1/h2*1-7H,(H,11,12,13);1-6H,7-8H2;1-8H. The number of hydrogen-bond donors (Lipinski definition) is 2. The number of benzene rings is 7. The number of fused-ring (bicyclic) bond motifs is 4. The first-order valence-corrected chi connectivity index (χ1v) is 18.0. The smallest absolute Gasteiger partial charge is 0.282 e. The molecule has 0 unspecified atom stereocenters. The van der Waals surface area contributed by atoms with Gasteiger partial charge in [0.05, 0.1) is 4.90 Å². The molecule has 1 aliphatic rings. The van der Waals surface area contributed by atoms with Gasteiger partial charge in [-0.2, -0.15) is 16.8 Å². The summed E-state index contributed by atoms with van der Waals surface area (Å²) in [6.07, 6.45) is 6.72. The van der Waals surface area contributed by atoms with Gasteiger partial charge >= 0.3 is 0 Å². The van der Waals surface area contributed by atoms with E-state index in [1.54, 1.807) is 42.5 Å². The van der Waals surface area contributed by atoms with Crippen LogP contribution in [0.4, 0.5) is 0 Å². The third-order valence-electron chi connectivity index (χ3n) is 7.67. The molecule has 7 aromatic carbocycles. The van der Waals surface area contributed by atoms with Crippen molar-refractivity contribution in [1.29, 1.82) is 0 Å². The van der Waals surface area contributed by atoms with E-state index in [9.17, 15) is 16.8 Å². The first-order chi connectivity index (χ1) is 23.1. The summed E-state index contributed by atoms with van der Waals surface area (Å²) in [6, 6.07) is 49.0. The minimum absolute atomic E-state index is 0.0457. The lowest BCUT2D eigenvalue weighted by Crippen LogP contribution is -1.98. The Bertz CT molecular complexity index is 2310. The van der Waals surface area contributed by atoms with E-state index in [0.29, 0.717) is 5.39 Å². The first kappa shape index (κ1) is 34.2. The molecule has 0 bridgehead atoms. The van der Waals surface area contributed by atoms with Crippen molar-refractivity contribution in [1.82, 2.24) is 0 Å². The van der Waals surface area contributed by atoms with E-state index in [0.717, 1.165) is 29.0 Å². The van der Waals surface area contributed by atoms with Crippen molar-refractivity contribution in [2.24, 2.45) is 0 Å². The topological polar surface area (TPSA) is 109 Å². The predicted molar refractivity (Wildman–Crippen MR) is 194 cm³/mol. The predicted octanol–water partition coefficient (Wildman–Crippen LogP) is 9.35. The molecule has 0 radical (unpaired) electrons. The molecule has 8 rings (SSSR count). The van der Waals surface area contributed by atoms with Crippen molar-refractivity contribution in [3.63, 3.8) is 0 Å². The molecule has 0 saturated heterocycles. The molecule has 8 heteroatoms. The second-order valence-electron chi connectivity index (χ2n) is 10.9. The molecule has 0 saturated carbocycles. The molecule has 7 aromatic rings. The van der Waals surface area contributed by atoms with Crippen LogP contribution in [0.3, 0.4) is 0 Å². The Labute approximate surface area is 281 Å². The lowest BCUT2D eigenvalue weighted by atomic mass is 9.97. The maximum absolute atomic E-state index is 11.0. The molecule has 0 aromatic heterocycles. The number of hydrogen-bond acceptors (Lipinski definition) is 4. The molecule has 0 aliphatic heterocycles. The number of rotatable bonds is 2. The highest BCUT2D eigenvalue weighted by atomic mass is 32.2. The van der Waals surface area contributed by atoms with Crippen LogP contribution in [0.25, 0.3) is 32.3 Å². The molecule has 242 valence electrons. The van der Waals surface area contributed by atoms with E-state index in [-0.39, 0.29) is 9.79 Å². The van der Waals surface area contributed by atoms with Crippen LogP contribution in [-0.4, -0.2) is 25.9 Å². The van der Waals surface area contributed by atoms with Gasteiger partial charge in [-0.25, -0.2) is 0 Å². The van der Waals surface area contributed by atoms with E-state index < -0.39 is 20.2 Å². The lowest BCUT2D eigenvalue weighted by Gasteiger charge is -2.08. The Morgan fingerprint density at radius 1 is 0.396 bits per heavy atom. The Kier molecular flexibility index (Phi) is 11.2. The maximum Gasteiger partial charge on any atom is 0.295 e. The Balaban J connectivity index is 0.000000127. The summed E-state index contributed by atoms with van der Waals surface area (Å²) in [5, 5.41) is 5.69. The summed E-state index contributed by atoms with van der Waals surface area (Å²) in [5.41, 5.74) is 2.98. The van der Waals surface area contributed by atoms with Gasteiger partial charge < -0.3 is 0 Å². The SMILES string of the molecule is C1=CCc2ccccc2C1.O=S(=O)(O)c1ccc2ccccc2c1.O=S(=O)(O)c1cccc2ccccc12.c1ccc2ccccc2c1. The van der Waals surface area contributed by atoms with E-state index in [2.05, 4.69) is 84.9 Å². The van der Waals surface area contributed by atoms with Gasteiger partial charge in [-0.1, -0.05) is 152 Å². The Morgan fingerprint density at radius 2 is 0.812 bits per heavy atom. The van der Waals surface area contributed by atoms with E-state index >= 15 is 0 Å². The third-order valence-corrected chi connectivity index (χ3v) is 9.43. The quantitative estimate of drug-likeness (QED) is 0.140. The zero-order valence-corrected chi connectivity index (χ0v) is 27.6. The molecule has 0 amide bonds. The van der Waals surface area contributed by atoms with Crippen LogP contribution in [0.2, 0.25) is 0 Å². The molecule has 2 N–H and O–H groups in total. The fourth-order valence-electron chi connectivity index (χ4n) is 5.26. The second-order valence-corrected chi connectivity index (χ2v) is 13.7. The van der Waals surface area contributed by atoms with Crippen LogP contribution in [-0.2, 0) is 33.1 Å². The van der Waals surface area contributed by atoms with Crippen LogP contribution in [0.1, 0.15) is 11.1 Å². The second kappa shape index (κ2) is 15.6. The van der Waals surface area contributed by atoms with Crippen molar-refractivity contribution in [2.45, 2.75) is 22.6 Å².